The third-order valence-electron chi connectivity index (χ3n) is 6.11. The van der Waals surface area contributed by atoms with E-state index in [1.165, 1.54) is 17.0 Å². The Morgan fingerprint density at radius 1 is 0.824 bits per heavy atom. The summed E-state index contributed by atoms with van der Waals surface area (Å²) in [6.07, 6.45) is 0.302. The fourth-order valence-electron chi connectivity index (χ4n) is 4.52. The maximum Gasteiger partial charge on any atom is 0.261 e. The van der Waals surface area contributed by atoms with E-state index < -0.39 is 0 Å². The van der Waals surface area contributed by atoms with Crippen molar-refractivity contribution in [1.29, 1.82) is 0 Å². The highest BCUT2D eigenvalue weighted by molar-refractivity contribution is 6.21. The Balaban J connectivity index is 1.36. The Morgan fingerprint density at radius 3 is 2.26 bits per heavy atom. The summed E-state index contributed by atoms with van der Waals surface area (Å²) in [4.78, 5) is 31.5. The number of fused-ring (bicyclic) bond motifs is 4. The number of imide groups is 1. The van der Waals surface area contributed by atoms with Crippen LogP contribution in [0.2, 0.25) is 0 Å². The van der Waals surface area contributed by atoms with Crippen LogP contribution in [0, 0.1) is 5.82 Å². The summed E-state index contributed by atoms with van der Waals surface area (Å²) in [5.74, 6) is 0.188. The smallest absolute Gasteiger partial charge is 0.261 e. The maximum atomic E-state index is 14.3. The van der Waals surface area contributed by atoms with Gasteiger partial charge in [0.1, 0.15) is 18.2 Å². The van der Waals surface area contributed by atoms with Crippen LogP contribution in [-0.4, -0.2) is 43.7 Å². The van der Waals surface area contributed by atoms with Gasteiger partial charge >= 0.3 is 0 Å². The normalized spacial score (nSPS) is 14.4. The average Bonchev–Trinajstić information content (AvgIpc) is 3.31. The van der Waals surface area contributed by atoms with Gasteiger partial charge in [0.25, 0.3) is 11.8 Å². The molecule has 1 aromatic heterocycles. The molecule has 3 heterocycles. The lowest BCUT2D eigenvalue weighted by Crippen LogP contribution is -2.32. The topological polar surface area (TPSA) is 80.5 Å². The summed E-state index contributed by atoms with van der Waals surface area (Å²) < 4.78 is 16.2. The number of aromatic nitrogens is 3. The summed E-state index contributed by atoms with van der Waals surface area (Å²) in [7, 11) is 0. The molecule has 0 atom stereocenters. The lowest BCUT2D eigenvalue weighted by Gasteiger charge is -2.16. The van der Waals surface area contributed by atoms with E-state index in [0.29, 0.717) is 46.2 Å². The van der Waals surface area contributed by atoms with Crippen LogP contribution in [0.4, 0.5) is 4.39 Å². The third kappa shape index (κ3) is 3.14. The first-order valence-electron chi connectivity index (χ1n) is 10.9. The van der Waals surface area contributed by atoms with Crippen molar-refractivity contribution in [3.05, 3.63) is 113 Å². The largest absolute Gasteiger partial charge is 0.281 e. The van der Waals surface area contributed by atoms with Gasteiger partial charge in [0, 0.05) is 24.1 Å². The van der Waals surface area contributed by atoms with Crippen molar-refractivity contribution in [2.24, 2.45) is 4.99 Å². The molecule has 0 saturated carbocycles. The van der Waals surface area contributed by atoms with E-state index in [9.17, 15) is 14.0 Å². The molecule has 0 unspecified atom stereocenters. The molecule has 6 rings (SSSR count). The summed E-state index contributed by atoms with van der Waals surface area (Å²) in [6, 6.07) is 21.0. The van der Waals surface area contributed by atoms with Gasteiger partial charge in [-0.15, -0.1) is 10.2 Å². The Hall–Kier alpha value is -4.46. The Labute approximate surface area is 194 Å². The highest BCUT2D eigenvalue weighted by Crippen LogP contribution is 2.28. The van der Waals surface area contributed by atoms with Crippen molar-refractivity contribution >= 4 is 17.5 Å². The zero-order valence-electron chi connectivity index (χ0n) is 18.0. The van der Waals surface area contributed by atoms with E-state index in [-0.39, 0.29) is 30.7 Å². The minimum absolute atomic E-state index is 0.160. The molecule has 0 spiro atoms. The number of carbonyl (C=O) groups excluding carboxylic acids is 2. The molecule has 0 aliphatic carbocycles. The van der Waals surface area contributed by atoms with E-state index in [1.807, 2.05) is 34.9 Å². The summed E-state index contributed by atoms with van der Waals surface area (Å²) >= 11 is 0. The minimum Gasteiger partial charge on any atom is -0.281 e. The molecule has 0 fully saturated rings. The molecule has 2 amide bonds. The Bertz CT molecular complexity index is 1460. The Kier molecular flexibility index (Phi) is 4.65. The number of hydrogen-bond acceptors (Lipinski definition) is 5. The third-order valence-corrected chi connectivity index (χ3v) is 6.11. The summed E-state index contributed by atoms with van der Waals surface area (Å²) in [6.45, 7) is 0.425. The lowest BCUT2D eigenvalue weighted by atomic mass is 10.0. The van der Waals surface area contributed by atoms with Crippen molar-refractivity contribution in [2.45, 2.75) is 13.0 Å². The van der Waals surface area contributed by atoms with Crippen LogP contribution in [0.1, 0.15) is 43.5 Å². The molecule has 0 N–H and O–H groups in total. The predicted octanol–water partition coefficient (Wildman–Crippen LogP) is 3.60. The van der Waals surface area contributed by atoms with E-state index in [0.717, 1.165) is 5.56 Å². The van der Waals surface area contributed by atoms with Crippen LogP contribution in [0.15, 0.2) is 77.8 Å². The first kappa shape index (κ1) is 20.2. The molecule has 0 radical (unpaired) electrons. The van der Waals surface area contributed by atoms with Crippen LogP contribution in [0.5, 0.6) is 0 Å². The molecule has 0 saturated heterocycles. The van der Waals surface area contributed by atoms with Gasteiger partial charge in [-0.1, -0.05) is 42.5 Å². The fourth-order valence-corrected chi connectivity index (χ4v) is 4.52. The van der Waals surface area contributed by atoms with E-state index in [2.05, 4.69) is 10.2 Å². The predicted molar refractivity (Wildman–Crippen MR) is 123 cm³/mol. The van der Waals surface area contributed by atoms with Crippen LogP contribution < -0.4 is 0 Å². The number of aliphatic imine (C=N–C) groups is 1. The molecule has 7 nitrogen and oxygen atoms in total. The van der Waals surface area contributed by atoms with Crippen molar-refractivity contribution in [3.8, 4) is 5.69 Å². The number of carbonyl (C=O) groups is 2. The number of nitrogens with zero attached hydrogens (tertiary/aromatic N) is 5. The number of halogens is 1. The van der Waals surface area contributed by atoms with Gasteiger partial charge < -0.3 is 0 Å². The minimum atomic E-state index is -0.369. The van der Waals surface area contributed by atoms with Crippen LogP contribution >= 0.6 is 0 Å². The Morgan fingerprint density at radius 2 is 1.53 bits per heavy atom. The molecule has 166 valence electrons. The van der Waals surface area contributed by atoms with E-state index in [4.69, 9.17) is 4.99 Å². The van der Waals surface area contributed by atoms with Crippen molar-refractivity contribution in [1.82, 2.24) is 19.7 Å². The van der Waals surface area contributed by atoms with Gasteiger partial charge in [-0.25, -0.2) is 4.39 Å². The van der Waals surface area contributed by atoms with Gasteiger partial charge in [-0.3, -0.25) is 24.0 Å². The first-order chi connectivity index (χ1) is 16.6. The second-order valence-electron chi connectivity index (χ2n) is 8.12. The molecule has 2 aliphatic rings. The molecule has 8 heteroatoms. The van der Waals surface area contributed by atoms with E-state index in [1.54, 1.807) is 30.3 Å². The molecule has 0 bridgehead atoms. The monoisotopic (exact) mass is 451 g/mol. The zero-order chi connectivity index (χ0) is 23.2. The number of benzene rings is 3. The van der Waals surface area contributed by atoms with Gasteiger partial charge in [-0.05, 0) is 30.3 Å². The van der Waals surface area contributed by atoms with Crippen LogP contribution in [-0.2, 0) is 13.0 Å². The molecule has 34 heavy (non-hydrogen) atoms. The molecular formula is C26H18FN5O2. The van der Waals surface area contributed by atoms with Crippen molar-refractivity contribution in [3.63, 3.8) is 0 Å². The van der Waals surface area contributed by atoms with E-state index >= 15 is 0 Å². The SMILES string of the molecule is O=C1c2ccccc2C(=O)N1CCc1nnc2n1-c1ccc(F)cc1C(c1ccccc1)=NC2. The van der Waals surface area contributed by atoms with Crippen LogP contribution in [0.3, 0.4) is 0 Å². The molecule has 4 aromatic rings. The first-order valence-corrected chi connectivity index (χ1v) is 10.9. The highest BCUT2D eigenvalue weighted by atomic mass is 19.1. The van der Waals surface area contributed by atoms with Gasteiger partial charge in [-0.2, -0.15) is 0 Å². The second-order valence-corrected chi connectivity index (χ2v) is 8.12. The second kappa shape index (κ2) is 7.84. The summed E-state index contributed by atoms with van der Waals surface area (Å²) in [5, 5.41) is 8.63. The van der Waals surface area contributed by atoms with Gasteiger partial charge in [0.2, 0.25) is 0 Å². The number of amides is 2. The zero-order valence-corrected chi connectivity index (χ0v) is 18.0. The quantitative estimate of drug-likeness (QED) is 0.444. The highest BCUT2D eigenvalue weighted by Gasteiger charge is 2.35. The van der Waals surface area contributed by atoms with Gasteiger partial charge in [0.15, 0.2) is 5.82 Å². The molecular weight excluding hydrogens is 433 g/mol. The van der Waals surface area contributed by atoms with Crippen LogP contribution in [0.25, 0.3) is 5.69 Å². The molecule has 3 aromatic carbocycles. The standard InChI is InChI=1S/C26H18FN5O2/c27-17-10-11-21-20(14-17)24(16-6-2-1-3-7-16)28-15-23-30-29-22(32(21)23)12-13-31-25(33)18-8-4-5-9-19(18)26(31)34/h1-11,14H,12-13,15H2. The number of rotatable bonds is 4. The summed E-state index contributed by atoms with van der Waals surface area (Å²) in [5.41, 5.74) is 3.71. The van der Waals surface area contributed by atoms with Crippen molar-refractivity contribution in [2.75, 3.05) is 6.54 Å². The lowest BCUT2D eigenvalue weighted by molar-refractivity contribution is 0.0655. The fraction of sp³-hybridized carbons (Fsp3) is 0.115. The number of hydrogen-bond donors (Lipinski definition) is 0. The van der Waals surface area contributed by atoms with Crippen molar-refractivity contribution < 1.29 is 14.0 Å². The average molecular weight is 451 g/mol. The molecule has 2 aliphatic heterocycles. The maximum absolute atomic E-state index is 14.3. The van der Waals surface area contributed by atoms with Gasteiger partial charge in [0.05, 0.1) is 22.5 Å².